The van der Waals surface area contributed by atoms with Crippen LogP contribution in [0, 0.1) is 0 Å². The van der Waals surface area contributed by atoms with E-state index >= 15 is 0 Å². The number of hydrogen-bond donors (Lipinski definition) is 1. The molecule has 152 valence electrons. The van der Waals surface area contributed by atoms with Crippen molar-refractivity contribution in [3.05, 3.63) is 77.2 Å². The minimum absolute atomic E-state index is 0.250. The van der Waals surface area contributed by atoms with E-state index in [0.29, 0.717) is 17.0 Å². The quantitative estimate of drug-likeness (QED) is 0.613. The summed E-state index contributed by atoms with van der Waals surface area (Å²) in [5.74, 6) is 0.453. The largest absolute Gasteiger partial charge is 0.496 e. The van der Waals surface area contributed by atoms with Gasteiger partial charge in [-0.25, -0.2) is 8.42 Å². The molecule has 0 spiro atoms. The van der Waals surface area contributed by atoms with Crippen LogP contribution in [0.15, 0.2) is 70.3 Å². The van der Waals surface area contributed by atoms with Crippen LogP contribution in [0.3, 0.4) is 0 Å². The first kappa shape index (κ1) is 20.9. The van der Waals surface area contributed by atoms with E-state index in [1.54, 1.807) is 48.9 Å². The van der Waals surface area contributed by atoms with Gasteiger partial charge in [0.1, 0.15) is 9.96 Å². The lowest BCUT2D eigenvalue weighted by molar-refractivity contribution is 0.0939. The zero-order valence-corrected chi connectivity index (χ0v) is 18.0. The maximum atomic E-state index is 12.6. The molecule has 2 aromatic carbocycles. The fourth-order valence-corrected chi connectivity index (χ4v) is 5.25. The summed E-state index contributed by atoms with van der Waals surface area (Å²) in [6, 6.07) is 17.0. The van der Waals surface area contributed by atoms with E-state index in [9.17, 15) is 13.2 Å². The Labute approximate surface area is 174 Å². The molecule has 0 aliphatic heterocycles. The first-order valence-electron chi connectivity index (χ1n) is 8.91. The number of carbonyl (C=O) groups excluding carboxylic acids is 1. The number of benzene rings is 2. The Morgan fingerprint density at radius 2 is 1.76 bits per heavy atom. The lowest BCUT2D eigenvalue weighted by atomic mass is 10.1. The molecular formula is C21H22N2O4S2. The van der Waals surface area contributed by atoms with E-state index in [2.05, 4.69) is 5.32 Å². The number of rotatable bonds is 7. The molecule has 0 saturated heterocycles. The highest BCUT2D eigenvalue weighted by molar-refractivity contribution is 7.94. The fraction of sp³-hybridized carbons (Fsp3) is 0.190. The van der Waals surface area contributed by atoms with Crippen LogP contribution < -0.4 is 14.4 Å². The van der Waals surface area contributed by atoms with Crippen LogP contribution in [-0.4, -0.2) is 28.5 Å². The summed E-state index contributed by atoms with van der Waals surface area (Å²) in [5.41, 5.74) is 1.80. The summed E-state index contributed by atoms with van der Waals surface area (Å²) in [7, 11) is -0.523. The molecule has 0 aliphatic rings. The molecule has 1 heterocycles. The molecule has 8 heteroatoms. The Balaban J connectivity index is 1.73. The third-order valence-corrected chi connectivity index (χ3v) is 7.71. The zero-order chi connectivity index (χ0) is 21.0. The molecule has 0 saturated carbocycles. The van der Waals surface area contributed by atoms with E-state index in [0.717, 1.165) is 16.9 Å². The van der Waals surface area contributed by atoms with Crippen LogP contribution in [0.4, 0.5) is 5.69 Å². The van der Waals surface area contributed by atoms with Crippen LogP contribution in [-0.2, 0) is 10.0 Å². The Morgan fingerprint density at radius 3 is 2.38 bits per heavy atom. The average Bonchev–Trinajstić information content (AvgIpc) is 3.29. The maximum Gasteiger partial charge on any atom is 0.273 e. The van der Waals surface area contributed by atoms with E-state index in [1.165, 1.54) is 11.4 Å². The normalized spacial score (nSPS) is 12.2. The van der Waals surface area contributed by atoms with Crippen molar-refractivity contribution in [2.75, 3.05) is 18.5 Å². The third-order valence-electron chi connectivity index (χ3n) is 4.56. The van der Waals surface area contributed by atoms with Crippen molar-refractivity contribution < 1.29 is 17.9 Å². The van der Waals surface area contributed by atoms with Crippen molar-refractivity contribution in [2.24, 2.45) is 0 Å². The third kappa shape index (κ3) is 4.44. The minimum atomic E-state index is -3.61. The van der Waals surface area contributed by atoms with Crippen molar-refractivity contribution in [3.8, 4) is 5.75 Å². The molecule has 0 bridgehead atoms. The molecule has 29 heavy (non-hydrogen) atoms. The molecular weight excluding hydrogens is 408 g/mol. The van der Waals surface area contributed by atoms with Gasteiger partial charge in [-0.1, -0.05) is 24.3 Å². The van der Waals surface area contributed by atoms with Gasteiger partial charge in [0.2, 0.25) is 0 Å². The number of anilines is 1. The Kier molecular flexibility index (Phi) is 6.24. The predicted molar refractivity (Wildman–Crippen MR) is 115 cm³/mol. The Bertz CT molecular complexity index is 1080. The van der Waals surface area contributed by atoms with Gasteiger partial charge in [-0.2, -0.15) is 0 Å². The number of carbonyl (C=O) groups is 1. The number of sulfonamides is 1. The van der Waals surface area contributed by atoms with Gasteiger partial charge in [-0.15, -0.1) is 11.3 Å². The molecule has 3 rings (SSSR count). The summed E-state index contributed by atoms with van der Waals surface area (Å²) in [4.78, 5) is 12.6. The summed E-state index contributed by atoms with van der Waals surface area (Å²) >= 11 is 1.16. The molecule has 1 aromatic heterocycles. The molecule has 1 atom stereocenters. The van der Waals surface area contributed by atoms with Gasteiger partial charge in [0.25, 0.3) is 15.9 Å². The summed E-state index contributed by atoms with van der Waals surface area (Å²) in [6.45, 7) is 1.88. The van der Waals surface area contributed by atoms with Crippen LogP contribution in [0.1, 0.15) is 28.9 Å². The van der Waals surface area contributed by atoms with E-state index < -0.39 is 10.0 Å². The monoisotopic (exact) mass is 430 g/mol. The summed E-state index contributed by atoms with van der Waals surface area (Å²) in [6.07, 6.45) is 0. The second kappa shape index (κ2) is 8.67. The number of para-hydroxylation sites is 1. The first-order valence-corrected chi connectivity index (χ1v) is 11.2. The minimum Gasteiger partial charge on any atom is -0.496 e. The number of nitrogens with one attached hydrogen (secondary N) is 1. The highest BCUT2D eigenvalue weighted by atomic mass is 32.2. The van der Waals surface area contributed by atoms with Gasteiger partial charge in [0, 0.05) is 18.2 Å². The van der Waals surface area contributed by atoms with Crippen LogP contribution >= 0.6 is 11.3 Å². The number of ether oxygens (including phenoxy) is 1. The standard InChI is InChI=1S/C21H22N2O4S2/c1-15(18-7-4-5-8-19(18)27-3)22-21(24)16-10-12-17(13-11-16)23(2)29(25,26)20-9-6-14-28-20/h4-15H,1-3H3,(H,22,24). The van der Waals surface area contributed by atoms with Crippen LogP contribution in [0.2, 0.25) is 0 Å². The van der Waals surface area contributed by atoms with Crippen molar-refractivity contribution in [1.29, 1.82) is 0 Å². The molecule has 0 fully saturated rings. The lowest BCUT2D eigenvalue weighted by Crippen LogP contribution is -2.27. The Hall–Kier alpha value is -2.84. The van der Waals surface area contributed by atoms with Gasteiger partial charge in [0.05, 0.1) is 18.8 Å². The van der Waals surface area contributed by atoms with Gasteiger partial charge < -0.3 is 10.1 Å². The number of amides is 1. The maximum absolute atomic E-state index is 12.6. The molecule has 1 unspecified atom stereocenters. The van der Waals surface area contributed by atoms with Crippen LogP contribution in [0.5, 0.6) is 5.75 Å². The lowest BCUT2D eigenvalue weighted by Gasteiger charge is -2.19. The molecule has 0 radical (unpaired) electrons. The van der Waals surface area contributed by atoms with Crippen molar-refractivity contribution in [1.82, 2.24) is 5.32 Å². The fourth-order valence-electron chi connectivity index (χ4n) is 2.89. The highest BCUT2D eigenvalue weighted by Gasteiger charge is 2.22. The summed E-state index contributed by atoms with van der Waals surface area (Å²) < 4.78 is 32.1. The topological polar surface area (TPSA) is 75.7 Å². The van der Waals surface area contributed by atoms with Crippen molar-refractivity contribution in [3.63, 3.8) is 0 Å². The van der Waals surface area contributed by atoms with Crippen molar-refractivity contribution in [2.45, 2.75) is 17.2 Å². The van der Waals surface area contributed by atoms with Crippen LogP contribution in [0.25, 0.3) is 0 Å². The van der Waals surface area contributed by atoms with Crippen molar-refractivity contribution >= 4 is 33.0 Å². The zero-order valence-electron chi connectivity index (χ0n) is 16.3. The predicted octanol–water partition coefficient (Wildman–Crippen LogP) is 4.07. The molecule has 1 amide bonds. The number of methoxy groups -OCH3 is 1. The molecule has 0 aliphatic carbocycles. The smallest absolute Gasteiger partial charge is 0.273 e. The SMILES string of the molecule is COc1ccccc1C(C)NC(=O)c1ccc(N(C)S(=O)(=O)c2cccs2)cc1. The second-order valence-electron chi connectivity index (χ2n) is 6.39. The van der Waals surface area contributed by atoms with E-state index in [-0.39, 0.29) is 16.2 Å². The summed E-state index contributed by atoms with van der Waals surface area (Å²) in [5, 5.41) is 4.66. The van der Waals surface area contributed by atoms with Gasteiger partial charge >= 0.3 is 0 Å². The first-order chi connectivity index (χ1) is 13.8. The molecule has 6 nitrogen and oxygen atoms in total. The number of hydrogen-bond acceptors (Lipinski definition) is 5. The van der Waals surface area contributed by atoms with E-state index in [1.807, 2.05) is 31.2 Å². The van der Waals surface area contributed by atoms with Gasteiger partial charge in [-0.05, 0) is 48.7 Å². The van der Waals surface area contributed by atoms with Gasteiger partial charge in [0.15, 0.2) is 0 Å². The second-order valence-corrected chi connectivity index (χ2v) is 9.53. The number of thiophene rings is 1. The Morgan fingerprint density at radius 1 is 1.07 bits per heavy atom. The highest BCUT2D eigenvalue weighted by Crippen LogP contribution is 2.26. The van der Waals surface area contributed by atoms with Gasteiger partial charge in [-0.3, -0.25) is 9.10 Å². The van der Waals surface area contributed by atoms with E-state index in [4.69, 9.17) is 4.74 Å². The number of nitrogens with zero attached hydrogens (tertiary/aromatic N) is 1. The average molecular weight is 431 g/mol. The molecule has 3 aromatic rings. The molecule has 1 N–H and O–H groups in total.